The average Bonchev–Trinajstić information content (AvgIpc) is 3.66. The fourth-order valence-electron chi connectivity index (χ4n) is 10.8. The van der Waals surface area contributed by atoms with Crippen molar-refractivity contribution < 1.29 is 0 Å². The van der Waals surface area contributed by atoms with Crippen LogP contribution < -0.4 is 9.80 Å². The van der Waals surface area contributed by atoms with E-state index in [1.165, 1.54) is 50.1 Å². The van der Waals surface area contributed by atoms with Gasteiger partial charge in [-0.3, -0.25) is 0 Å². The molecule has 11 aromatic rings. The number of hydrogen-bond acceptors (Lipinski definition) is 2. The van der Waals surface area contributed by atoms with Gasteiger partial charge in [0.25, 0.3) is 0 Å². The molecule has 0 fully saturated rings. The molecule has 0 saturated heterocycles. The second kappa shape index (κ2) is 18.5. The quantitative estimate of drug-likeness (QED) is 0.128. The zero-order valence-corrected chi connectivity index (χ0v) is 40.0. The second-order valence-electron chi connectivity index (χ2n) is 18.9. The molecule has 0 aromatic heterocycles. The van der Waals surface area contributed by atoms with E-state index in [1.54, 1.807) is 0 Å². The molecule has 0 heterocycles. The minimum atomic E-state index is -0.226. The lowest BCUT2D eigenvalue weighted by Gasteiger charge is -2.32. The molecular formula is C69H52N2. The zero-order chi connectivity index (χ0) is 47.7. The number of hydrogen-bond donors (Lipinski definition) is 0. The van der Waals surface area contributed by atoms with Crippen molar-refractivity contribution in [1.29, 1.82) is 0 Å². The summed E-state index contributed by atoms with van der Waals surface area (Å²) in [7, 11) is 0. The van der Waals surface area contributed by atoms with E-state index < -0.39 is 0 Å². The summed E-state index contributed by atoms with van der Waals surface area (Å²) < 4.78 is 0. The van der Waals surface area contributed by atoms with Crippen molar-refractivity contribution >= 4 is 34.1 Å². The van der Waals surface area contributed by atoms with Crippen LogP contribution in [0.15, 0.2) is 279 Å². The predicted molar refractivity (Wildman–Crippen MR) is 301 cm³/mol. The van der Waals surface area contributed by atoms with Gasteiger partial charge in [-0.1, -0.05) is 226 Å². The molecule has 0 radical (unpaired) electrons. The van der Waals surface area contributed by atoms with E-state index >= 15 is 0 Å². The van der Waals surface area contributed by atoms with Crippen LogP contribution in [-0.2, 0) is 5.41 Å². The third-order valence-electron chi connectivity index (χ3n) is 14.2. The Morgan fingerprint density at radius 3 is 1.28 bits per heavy atom. The third-order valence-corrected chi connectivity index (χ3v) is 14.2. The Morgan fingerprint density at radius 2 is 0.704 bits per heavy atom. The van der Waals surface area contributed by atoms with E-state index in [0.29, 0.717) is 0 Å². The van der Waals surface area contributed by atoms with Gasteiger partial charge in [0, 0.05) is 39.4 Å². The highest BCUT2D eigenvalue weighted by Crippen LogP contribution is 2.53. The highest BCUT2D eigenvalue weighted by Gasteiger charge is 2.36. The van der Waals surface area contributed by atoms with E-state index in [2.05, 4.69) is 303 Å². The number of rotatable bonds is 11. The Kier molecular flexibility index (Phi) is 11.3. The van der Waals surface area contributed by atoms with Crippen molar-refractivity contribution in [2.75, 3.05) is 9.80 Å². The van der Waals surface area contributed by atoms with Crippen LogP contribution in [0.4, 0.5) is 34.1 Å². The first-order chi connectivity index (χ1) is 35.0. The number of anilines is 6. The van der Waals surface area contributed by atoms with Gasteiger partial charge in [-0.05, 0) is 139 Å². The summed E-state index contributed by atoms with van der Waals surface area (Å²) in [6.07, 6.45) is 0. The van der Waals surface area contributed by atoms with Gasteiger partial charge >= 0.3 is 0 Å². The molecule has 1 aliphatic rings. The predicted octanol–water partition coefficient (Wildman–Crippen LogP) is 19.3. The lowest BCUT2D eigenvalue weighted by Crippen LogP contribution is -2.17. The molecule has 2 heteroatoms. The van der Waals surface area contributed by atoms with Crippen LogP contribution in [0.25, 0.3) is 66.8 Å². The maximum absolute atomic E-state index is 2.46. The maximum Gasteiger partial charge on any atom is 0.0540 e. The molecule has 0 saturated carbocycles. The van der Waals surface area contributed by atoms with Crippen LogP contribution >= 0.6 is 0 Å². The molecule has 71 heavy (non-hydrogen) atoms. The van der Waals surface area contributed by atoms with Crippen LogP contribution in [0.3, 0.4) is 0 Å². The molecule has 0 atom stereocenters. The maximum atomic E-state index is 2.46. The van der Waals surface area contributed by atoms with E-state index in [9.17, 15) is 0 Å². The van der Waals surface area contributed by atoms with Crippen molar-refractivity contribution in [3.8, 4) is 66.8 Å². The first-order valence-electron chi connectivity index (χ1n) is 24.6. The Balaban J connectivity index is 1.14. The first kappa shape index (κ1) is 43.3. The van der Waals surface area contributed by atoms with Crippen molar-refractivity contribution in [2.45, 2.75) is 19.3 Å². The summed E-state index contributed by atoms with van der Waals surface area (Å²) in [4.78, 5) is 4.90. The molecular weight excluding hydrogens is 857 g/mol. The topological polar surface area (TPSA) is 6.48 Å². The fourth-order valence-corrected chi connectivity index (χ4v) is 10.8. The zero-order valence-electron chi connectivity index (χ0n) is 40.0. The monoisotopic (exact) mass is 908 g/mol. The number of fused-ring (bicyclic) bond motifs is 3. The number of nitrogens with zero attached hydrogens (tertiary/aromatic N) is 2. The molecule has 2 nitrogen and oxygen atoms in total. The molecule has 0 bridgehead atoms. The third kappa shape index (κ3) is 8.10. The lowest BCUT2D eigenvalue weighted by atomic mass is 9.82. The van der Waals surface area contributed by atoms with Crippen molar-refractivity contribution in [1.82, 2.24) is 0 Å². The van der Waals surface area contributed by atoms with E-state index in [0.717, 1.165) is 61.9 Å². The Morgan fingerprint density at radius 1 is 0.239 bits per heavy atom. The minimum Gasteiger partial charge on any atom is -0.310 e. The van der Waals surface area contributed by atoms with Gasteiger partial charge < -0.3 is 9.80 Å². The standard InChI is InChI=1S/C69H52N2/c1-69(2)65-43-40-53(49-24-9-3-10-25-49)46-64(65)63-42-41-57(48-66(63)69)70(55-32-17-7-18-33-55)58-44-54(68-61(51-28-13-5-14-29-51)37-23-38-62(68)52-30-15-6-16-31-52)45-59(47-58)71(56-34-19-8-20-35-56)67-39-22-21-36-60(67)50-26-11-4-12-27-50/h3-48H,1-2H3. The fraction of sp³-hybridized carbons (Fsp3) is 0.0435. The summed E-state index contributed by atoms with van der Waals surface area (Å²) in [5.74, 6) is 0. The smallest absolute Gasteiger partial charge is 0.0540 e. The summed E-state index contributed by atoms with van der Waals surface area (Å²) in [5.41, 5.74) is 23.1. The Bertz CT molecular complexity index is 3590. The summed E-state index contributed by atoms with van der Waals surface area (Å²) in [6.45, 7) is 4.76. The normalized spacial score (nSPS) is 12.2. The first-order valence-corrected chi connectivity index (χ1v) is 24.6. The largest absolute Gasteiger partial charge is 0.310 e. The summed E-state index contributed by atoms with van der Waals surface area (Å²) in [5, 5.41) is 0. The highest BCUT2D eigenvalue weighted by atomic mass is 15.2. The minimum absolute atomic E-state index is 0.226. The van der Waals surface area contributed by atoms with Gasteiger partial charge in [0.05, 0.1) is 5.69 Å². The molecule has 11 aromatic carbocycles. The number of para-hydroxylation sites is 3. The van der Waals surface area contributed by atoms with Crippen LogP contribution in [0.2, 0.25) is 0 Å². The molecule has 0 aliphatic heterocycles. The Hall–Kier alpha value is -8.98. The van der Waals surface area contributed by atoms with Gasteiger partial charge in [-0.15, -0.1) is 0 Å². The van der Waals surface area contributed by atoms with Crippen LogP contribution in [-0.4, -0.2) is 0 Å². The van der Waals surface area contributed by atoms with E-state index in [4.69, 9.17) is 0 Å². The average molecular weight is 909 g/mol. The van der Waals surface area contributed by atoms with Gasteiger partial charge in [0.2, 0.25) is 0 Å². The van der Waals surface area contributed by atoms with Crippen molar-refractivity contribution in [2.24, 2.45) is 0 Å². The molecule has 12 rings (SSSR count). The van der Waals surface area contributed by atoms with E-state index in [1.807, 2.05) is 0 Å². The van der Waals surface area contributed by atoms with Crippen molar-refractivity contribution in [3.63, 3.8) is 0 Å². The SMILES string of the molecule is CC1(C)c2ccc(-c3ccccc3)cc2-c2ccc(N(c3ccccc3)c3cc(-c4c(-c5ccccc5)cccc4-c4ccccc4)cc(N(c4ccccc4)c4ccccc4-c4ccccc4)c3)cc21. The van der Waals surface area contributed by atoms with Gasteiger partial charge in [0.1, 0.15) is 0 Å². The van der Waals surface area contributed by atoms with Crippen LogP contribution in [0.5, 0.6) is 0 Å². The van der Waals surface area contributed by atoms with Gasteiger partial charge in [-0.25, -0.2) is 0 Å². The van der Waals surface area contributed by atoms with E-state index in [-0.39, 0.29) is 5.41 Å². The molecule has 0 amide bonds. The molecule has 0 N–H and O–H groups in total. The lowest BCUT2D eigenvalue weighted by molar-refractivity contribution is 0.660. The van der Waals surface area contributed by atoms with Gasteiger partial charge in [-0.2, -0.15) is 0 Å². The molecule has 338 valence electrons. The highest BCUT2D eigenvalue weighted by molar-refractivity contribution is 5.99. The van der Waals surface area contributed by atoms with Crippen LogP contribution in [0.1, 0.15) is 25.0 Å². The molecule has 1 aliphatic carbocycles. The van der Waals surface area contributed by atoms with Gasteiger partial charge in [0.15, 0.2) is 0 Å². The summed E-state index contributed by atoms with van der Waals surface area (Å²) in [6, 6.07) is 102. The van der Waals surface area contributed by atoms with Crippen molar-refractivity contribution in [3.05, 3.63) is 290 Å². The summed E-state index contributed by atoms with van der Waals surface area (Å²) >= 11 is 0. The molecule has 0 unspecified atom stereocenters. The van der Waals surface area contributed by atoms with Crippen LogP contribution in [0, 0.1) is 0 Å². The Labute approximate surface area is 418 Å². The molecule has 0 spiro atoms. The number of benzene rings is 11. The second-order valence-corrected chi connectivity index (χ2v) is 18.9.